The number of ether oxygens (including phenoxy) is 1. The van der Waals surface area contributed by atoms with E-state index in [4.69, 9.17) is 25.2 Å². The van der Waals surface area contributed by atoms with Crippen molar-refractivity contribution in [1.29, 1.82) is 0 Å². The first-order valence-corrected chi connectivity index (χ1v) is 10.2. The Morgan fingerprint density at radius 3 is 1.48 bits per heavy atom. The average molecular weight is 435 g/mol. The fraction of sp³-hybridized carbons (Fsp3) is 0.417. The summed E-state index contributed by atoms with van der Waals surface area (Å²) in [6.45, 7) is 7.59. The van der Waals surface area contributed by atoms with Crippen LogP contribution in [0.25, 0.3) is 0 Å². The highest BCUT2D eigenvalue weighted by Gasteiger charge is 2.06. The molecule has 0 heterocycles. The smallest absolute Gasteiger partial charge is 0.335 e. The van der Waals surface area contributed by atoms with Crippen LogP contribution in [-0.4, -0.2) is 57.8 Å². The van der Waals surface area contributed by atoms with Gasteiger partial charge in [-0.15, -0.1) is 0 Å². The van der Waals surface area contributed by atoms with E-state index >= 15 is 0 Å². The summed E-state index contributed by atoms with van der Waals surface area (Å²) in [6, 6.07) is 14.1. The van der Waals surface area contributed by atoms with Crippen LogP contribution in [0, 0.1) is 0 Å². The second-order valence-corrected chi connectivity index (χ2v) is 6.81. The fourth-order valence-electron chi connectivity index (χ4n) is 2.43. The predicted molar refractivity (Wildman–Crippen MR) is 120 cm³/mol. The summed E-state index contributed by atoms with van der Waals surface area (Å²) in [5, 5.41) is 34.5. The summed E-state index contributed by atoms with van der Waals surface area (Å²) in [5.41, 5.74) is 2.60. The summed E-state index contributed by atoms with van der Waals surface area (Å²) in [7, 11) is 0. The van der Waals surface area contributed by atoms with Gasteiger partial charge >= 0.3 is 11.9 Å². The number of carbonyl (C=O) groups is 2. The third-order valence-electron chi connectivity index (χ3n) is 4.14. The first-order chi connectivity index (χ1) is 14.7. The number of aliphatic hydroxyl groups excluding tert-OH is 2. The van der Waals surface area contributed by atoms with Crippen molar-refractivity contribution in [3.8, 4) is 0 Å². The SMILES string of the molecule is CC(O)COC(C)CO.CCc1ccccc1C(=O)O.CCc1ccccc1C(=O)O. The molecule has 0 aromatic heterocycles. The highest BCUT2D eigenvalue weighted by molar-refractivity contribution is 5.89. The van der Waals surface area contributed by atoms with Crippen molar-refractivity contribution in [2.75, 3.05) is 13.2 Å². The molecule has 0 spiro atoms. The van der Waals surface area contributed by atoms with Crippen molar-refractivity contribution in [2.45, 2.75) is 52.7 Å². The molecule has 31 heavy (non-hydrogen) atoms. The van der Waals surface area contributed by atoms with E-state index in [1.54, 1.807) is 38.1 Å². The molecule has 0 aliphatic heterocycles. The Balaban J connectivity index is 0.000000439. The minimum absolute atomic E-state index is 0.00667. The van der Waals surface area contributed by atoms with Gasteiger partial charge in [-0.1, -0.05) is 50.2 Å². The lowest BCUT2D eigenvalue weighted by atomic mass is 10.1. The van der Waals surface area contributed by atoms with E-state index in [9.17, 15) is 9.59 Å². The zero-order valence-corrected chi connectivity index (χ0v) is 18.6. The second-order valence-electron chi connectivity index (χ2n) is 6.81. The maximum atomic E-state index is 10.6. The quantitative estimate of drug-likeness (QED) is 0.500. The monoisotopic (exact) mass is 434 g/mol. The van der Waals surface area contributed by atoms with Crippen LogP contribution in [0.3, 0.4) is 0 Å². The molecule has 0 bridgehead atoms. The molecule has 0 radical (unpaired) electrons. The van der Waals surface area contributed by atoms with Gasteiger partial charge in [-0.25, -0.2) is 9.59 Å². The van der Waals surface area contributed by atoms with Crippen LogP contribution >= 0.6 is 0 Å². The van der Waals surface area contributed by atoms with Gasteiger partial charge in [0.15, 0.2) is 0 Å². The number of carboxylic acids is 2. The van der Waals surface area contributed by atoms with Gasteiger partial charge in [0, 0.05) is 0 Å². The van der Waals surface area contributed by atoms with Crippen LogP contribution in [0.5, 0.6) is 0 Å². The molecule has 172 valence electrons. The number of hydrogen-bond donors (Lipinski definition) is 4. The number of hydrogen-bond acceptors (Lipinski definition) is 5. The highest BCUT2D eigenvalue weighted by atomic mass is 16.5. The van der Waals surface area contributed by atoms with Gasteiger partial charge in [-0.2, -0.15) is 0 Å². The number of aliphatic hydroxyl groups is 2. The summed E-state index contributed by atoms with van der Waals surface area (Å²) >= 11 is 0. The van der Waals surface area contributed by atoms with Gasteiger partial charge < -0.3 is 25.2 Å². The first kappa shape index (κ1) is 28.3. The summed E-state index contributed by atoms with van der Waals surface area (Å²) in [4.78, 5) is 21.2. The van der Waals surface area contributed by atoms with Crippen molar-refractivity contribution < 1.29 is 34.8 Å². The van der Waals surface area contributed by atoms with E-state index in [1.807, 2.05) is 38.1 Å². The number of aryl methyl sites for hydroxylation is 2. The van der Waals surface area contributed by atoms with Crippen LogP contribution < -0.4 is 0 Å². The van der Waals surface area contributed by atoms with Crippen molar-refractivity contribution in [3.05, 3.63) is 70.8 Å². The van der Waals surface area contributed by atoms with Crippen LogP contribution in [0.15, 0.2) is 48.5 Å². The number of carboxylic acid groups (broad SMARTS) is 2. The lowest BCUT2D eigenvalue weighted by Crippen LogP contribution is -2.19. The lowest BCUT2D eigenvalue weighted by molar-refractivity contribution is -0.0177. The molecule has 4 N–H and O–H groups in total. The Hall–Kier alpha value is -2.74. The topological polar surface area (TPSA) is 124 Å². The average Bonchev–Trinajstić information content (AvgIpc) is 2.77. The van der Waals surface area contributed by atoms with Crippen molar-refractivity contribution in [1.82, 2.24) is 0 Å². The first-order valence-electron chi connectivity index (χ1n) is 10.2. The van der Waals surface area contributed by atoms with E-state index in [0.29, 0.717) is 17.7 Å². The molecule has 2 atom stereocenters. The maximum Gasteiger partial charge on any atom is 0.335 e. The Labute approximate surface area is 183 Å². The summed E-state index contributed by atoms with van der Waals surface area (Å²) in [5.74, 6) is -1.69. The lowest BCUT2D eigenvalue weighted by Gasteiger charge is -2.10. The van der Waals surface area contributed by atoms with E-state index in [2.05, 4.69) is 0 Å². The van der Waals surface area contributed by atoms with Gasteiger partial charge in [-0.3, -0.25) is 0 Å². The number of benzene rings is 2. The van der Waals surface area contributed by atoms with E-state index in [1.165, 1.54) is 0 Å². The zero-order valence-electron chi connectivity index (χ0n) is 18.6. The standard InChI is InChI=1S/2C9H10O2.C6H14O3/c2*1-2-7-5-3-4-6-8(7)9(10)11;1-5(8)4-9-6(2)3-7/h2*3-6H,2H2,1H3,(H,10,11);5-8H,3-4H2,1-2H3. The molecular weight excluding hydrogens is 400 g/mol. The van der Waals surface area contributed by atoms with E-state index < -0.39 is 18.0 Å². The molecule has 2 aromatic carbocycles. The van der Waals surface area contributed by atoms with Crippen LogP contribution in [0.2, 0.25) is 0 Å². The molecule has 2 unspecified atom stereocenters. The summed E-state index contributed by atoms with van der Waals surface area (Å²) in [6.07, 6.45) is 0.920. The molecule has 7 nitrogen and oxygen atoms in total. The zero-order chi connectivity index (χ0) is 23.8. The molecule has 0 aliphatic rings. The normalized spacial score (nSPS) is 11.8. The third kappa shape index (κ3) is 11.9. The summed E-state index contributed by atoms with van der Waals surface area (Å²) < 4.78 is 4.95. The fourth-order valence-corrected chi connectivity index (χ4v) is 2.43. The van der Waals surface area contributed by atoms with E-state index in [-0.39, 0.29) is 12.7 Å². The Morgan fingerprint density at radius 1 is 0.839 bits per heavy atom. The molecule has 0 aliphatic carbocycles. The highest BCUT2D eigenvalue weighted by Crippen LogP contribution is 2.09. The largest absolute Gasteiger partial charge is 0.478 e. The van der Waals surface area contributed by atoms with Crippen molar-refractivity contribution in [2.24, 2.45) is 0 Å². The Bertz CT molecular complexity index is 730. The minimum atomic E-state index is -0.845. The molecule has 0 saturated carbocycles. The van der Waals surface area contributed by atoms with Crippen LogP contribution in [0.1, 0.15) is 59.5 Å². The number of rotatable bonds is 8. The van der Waals surface area contributed by atoms with Crippen molar-refractivity contribution >= 4 is 11.9 Å². The molecule has 0 saturated heterocycles. The molecule has 2 rings (SSSR count). The Morgan fingerprint density at radius 2 is 1.23 bits per heavy atom. The molecule has 7 heteroatoms. The Kier molecular flexibility index (Phi) is 14.6. The maximum absolute atomic E-state index is 10.6. The van der Waals surface area contributed by atoms with Gasteiger partial charge in [0.05, 0.1) is 36.5 Å². The molecule has 2 aromatic rings. The van der Waals surface area contributed by atoms with Gasteiger partial charge in [0.2, 0.25) is 0 Å². The van der Waals surface area contributed by atoms with Gasteiger partial charge in [0.1, 0.15) is 0 Å². The third-order valence-corrected chi connectivity index (χ3v) is 4.14. The van der Waals surface area contributed by atoms with E-state index in [0.717, 1.165) is 24.0 Å². The number of aromatic carboxylic acids is 2. The van der Waals surface area contributed by atoms with Crippen LogP contribution in [-0.2, 0) is 17.6 Å². The minimum Gasteiger partial charge on any atom is -0.478 e. The predicted octanol–water partition coefficient (Wildman–Crippen LogP) is 3.66. The molecule has 0 fully saturated rings. The van der Waals surface area contributed by atoms with Crippen LogP contribution in [0.4, 0.5) is 0 Å². The van der Waals surface area contributed by atoms with Crippen molar-refractivity contribution in [3.63, 3.8) is 0 Å². The molecular formula is C24H34O7. The molecule has 0 amide bonds. The van der Waals surface area contributed by atoms with Gasteiger partial charge in [-0.05, 0) is 49.9 Å². The van der Waals surface area contributed by atoms with Gasteiger partial charge in [0.25, 0.3) is 0 Å². The second kappa shape index (κ2) is 16.0.